The van der Waals surface area contributed by atoms with Gasteiger partial charge < -0.3 is 14.6 Å². The Balaban J connectivity index is 1.72. The molecule has 1 saturated carbocycles. The summed E-state index contributed by atoms with van der Waals surface area (Å²) in [5.74, 6) is -0.200. The van der Waals surface area contributed by atoms with Crippen LogP contribution in [-0.2, 0) is 0 Å². The van der Waals surface area contributed by atoms with E-state index in [0.29, 0.717) is 17.5 Å². The van der Waals surface area contributed by atoms with E-state index in [-0.39, 0.29) is 28.5 Å². The van der Waals surface area contributed by atoms with Crippen molar-refractivity contribution in [3.63, 3.8) is 0 Å². The highest BCUT2D eigenvalue weighted by atomic mass is 16.3. The van der Waals surface area contributed by atoms with E-state index in [1.165, 1.54) is 6.26 Å². The normalized spacial score (nSPS) is 26.7. The Bertz CT molecular complexity index is 824. The van der Waals surface area contributed by atoms with E-state index in [0.717, 1.165) is 25.8 Å². The molecule has 0 spiro atoms. The molecule has 4 rings (SSSR count). The SMILES string of the molecule is CCC12CCC1N(C(=O)c1coc3ccccc3c1=O)CCN2. The molecular formula is C18H20N2O3. The molecule has 0 bridgehead atoms. The van der Waals surface area contributed by atoms with E-state index >= 15 is 0 Å². The first-order valence-corrected chi connectivity index (χ1v) is 8.23. The van der Waals surface area contributed by atoms with E-state index in [1.807, 2.05) is 11.0 Å². The Morgan fingerprint density at radius 1 is 1.43 bits per heavy atom. The van der Waals surface area contributed by atoms with Crippen LogP contribution in [0.15, 0.2) is 39.7 Å². The quantitative estimate of drug-likeness (QED) is 0.923. The van der Waals surface area contributed by atoms with Crippen molar-refractivity contribution in [2.75, 3.05) is 13.1 Å². The van der Waals surface area contributed by atoms with Crippen LogP contribution in [0.4, 0.5) is 0 Å². The average molecular weight is 312 g/mol. The number of benzene rings is 1. The minimum Gasteiger partial charge on any atom is -0.463 e. The number of carbonyl (C=O) groups excluding carboxylic acids is 1. The van der Waals surface area contributed by atoms with Gasteiger partial charge in [-0.1, -0.05) is 19.1 Å². The number of nitrogens with one attached hydrogen (secondary N) is 1. The van der Waals surface area contributed by atoms with E-state index in [4.69, 9.17) is 4.42 Å². The van der Waals surface area contributed by atoms with Crippen LogP contribution in [0, 0.1) is 0 Å². The van der Waals surface area contributed by atoms with Crippen molar-refractivity contribution in [3.05, 3.63) is 46.3 Å². The minimum atomic E-state index is -0.239. The van der Waals surface area contributed by atoms with Gasteiger partial charge in [0.1, 0.15) is 17.4 Å². The average Bonchev–Trinajstić information content (AvgIpc) is 2.56. The fraction of sp³-hybridized carbons (Fsp3) is 0.444. The first-order chi connectivity index (χ1) is 11.2. The van der Waals surface area contributed by atoms with Gasteiger partial charge in [-0.15, -0.1) is 0 Å². The van der Waals surface area contributed by atoms with Crippen molar-refractivity contribution in [2.24, 2.45) is 0 Å². The molecular weight excluding hydrogens is 292 g/mol. The molecule has 5 heteroatoms. The maximum atomic E-state index is 13.0. The standard InChI is InChI=1S/C18H20N2O3/c1-2-18-8-7-15(18)20(10-9-19-18)17(22)13-11-23-14-6-4-3-5-12(14)16(13)21/h3-6,11,15,19H,2,7-10H2,1H3. The number of fused-ring (bicyclic) bond motifs is 2. The zero-order chi connectivity index (χ0) is 16.0. The molecule has 1 aromatic heterocycles. The third-order valence-electron chi connectivity index (χ3n) is 5.51. The largest absolute Gasteiger partial charge is 0.463 e. The van der Waals surface area contributed by atoms with Crippen molar-refractivity contribution in [2.45, 2.75) is 37.8 Å². The van der Waals surface area contributed by atoms with Gasteiger partial charge in [0.2, 0.25) is 5.43 Å². The van der Waals surface area contributed by atoms with Crippen LogP contribution in [0.25, 0.3) is 11.0 Å². The van der Waals surface area contributed by atoms with E-state index in [2.05, 4.69) is 12.2 Å². The summed E-state index contributed by atoms with van der Waals surface area (Å²) in [6, 6.07) is 7.22. The minimum absolute atomic E-state index is 0.0327. The summed E-state index contributed by atoms with van der Waals surface area (Å²) in [6.07, 6.45) is 4.39. The lowest BCUT2D eigenvalue weighted by atomic mass is 9.67. The Kier molecular flexibility index (Phi) is 3.27. The topological polar surface area (TPSA) is 62.6 Å². The van der Waals surface area contributed by atoms with Crippen molar-refractivity contribution < 1.29 is 9.21 Å². The Morgan fingerprint density at radius 2 is 2.26 bits per heavy atom. The summed E-state index contributed by atoms with van der Waals surface area (Å²) < 4.78 is 5.50. The summed E-state index contributed by atoms with van der Waals surface area (Å²) in [5, 5.41) is 4.03. The highest BCUT2D eigenvalue weighted by Gasteiger charge is 2.51. The second-order valence-electron chi connectivity index (χ2n) is 6.46. The number of rotatable bonds is 2. The van der Waals surface area contributed by atoms with Gasteiger partial charge in [-0.05, 0) is 31.4 Å². The van der Waals surface area contributed by atoms with Gasteiger partial charge in [-0.2, -0.15) is 0 Å². The van der Waals surface area contributed by atoms with Crippen LogP contribution in [-0.4, -0.2) is 35.5 Å². The first-order valence-electron chi connectivity index (χ1n) is 8.23. The van der Waals surface area contributed by atoms with Crippen molar-refractivity contribution in [1.82, 2.24) is 10.2 Å². The Hall–Kier alpha value is -2.14. The van der Waals surface area contributed by atoms with Gasteiger partial charge in [0.15, 0.2) is 0 Å². The van der Waals surface area contributed by atoms with Crippen molar-refractivity contribution in [3.8, 4) is 0 Å². The summed E-state index contributed by atoms with van der Waals surface area (Å²) >= 11 is 0. The number of carbonyl (C=O) groups is 1. The van der Waals surface area contributed by atoms with Crippen LogP contribution in [0.2, 0.25) is 0 Å². The molecule has 120 valence electrons. The molecule has 2 aromatic rings. The van der Waals surface area contributed by atoms with Gasteiger partial charge in [0.25, 0.3) is 5.91 Å². The molecule has 23 heavy (non-hydrogen) atoms. The molecule has 1 N–H and O–H groups in total. The van der Waals surface area contributed by atoms with Gasteiger partial charge in [0, 0.05) is 18.6 Å². The van der Waals surface area contributed by atoms with Crippen LogP contribution in [0.3, 0.4) is 0 Å². The summed E-state index contributed by atoms with van der Waals surface area (Å²) in [4.78, 5) is 27.5. The van der Waals surface area contributed by atoms with E-state index in [1.54, 1.807) is 18.2 Å². The Labute approximate surface area is 134 Å². The molecule has 2 fully saturated rings. The van der Waals surface area contributed by atoms with Gasteiger partial charge >= 0.3 is 0 Å². The van der Waals surface area contributed by atoms with Gasteiger partial charge in [0.05, 0.1) is 11.4 Å². The monoisotopic (exact) mass is 312 g/mol. The highest BCUT2D eigenvalue weighted by Crippen LogP contribution is 2.41. The molecule has 5 nitrogen and oxygen atoms in total. The van der Waals surface area contributed by atoms with E-state index in [9.17, 15) is 9.59 Å². The molecule has 2 atom stereocenters. The lowest BCUT2D eigenvalue weighted by Crippen LogP contribution is -2.73. The molecule has 2 aliphatic rings. The van der Waals surface area contributed by atoms with Gasteiger partial charge in [-0.25, -0.2) is 0 Å². The molecule has 1 amide bonds. The zero-order valence-electron chi connectivity index (χ0n) is 13.2. The number of nitrogens with zero attached hydrogens (tertiary/aromatic N) is 1. The molecule has 1 aliphatic heterocycles. The van der Waals surface area contributed by atoms with E-state index < -0.39 is 0 Å². The summed E-state index contributed by atoms with van der Waals surface area (Å²) in [5.41, 5.74) is 0.450. The van der Waals surface area contributed by atoms with Crippen LogP contribution in [0.5, 0.6) is 0 Å². The first kappa shape index (κ1) is 14.5. The zero-order valence-corrected chi connectivity index (χ0v) is 13.2. The van der Waals surface area contributed by atoms with Crippen molar-refractivity contribution >= 4 is 16.9 Å². The third kappa shape index (κ3) is 2.03. The molecule has 1 aromatic carbocycles. The fourth-order valence-corrected chi connectivity index (χ4v) is 4.02. The number of hydrogen-bond donors (Lipinski definition) is 1. The molecule has 1 aliphatic carbocycles. The number of para-hydroxylation sites is 1. The van der Waals surface area contributed by atoms with Crippen LogP contribution in [0.1, 0.15) is 36.5 Å². The number of piperazine rings is 1. The predicted octanol–water partition coefficient (Wildman–Crippen LogP) is 2.15. The van der Waals surface area contributed by atoms with Gasteiger partial charge in [-0.3, -0.25) is 9.59 Å². The second-order valence-corrected chi connectivity index (χ2v) is 6.46. The number of amides is 1. The maximum absolute atomic E-state index is 13.0. The summed E-state index contributed by atoms with van der Waals surface area (Å²) in [6.45, 7) is 3.56. The molecule has 2 unspecified atom stereocenters. The predicted molar refractivity (Wildman–Crippen MR) is 87.6 cm³/mol. The molecule has 2 heterocycles. The number of hydrogen-bond acceptors (Lipinski definition) is 4. The van der Waals surface area contributed by atoms with Crippen LogP contribution < -0.4 is 10.7 Å². The lowest BCUT2D eigenvalue weighted by molar-refractivity contribution is -0.0132. The maximum Gasteiger partial charge on any atom is 0.261 e. The smallest absolute Gasteiger partial charge is 0.261 e. The third-order valence-corrected chi connectivity index (χ3v) is 5.51. The van der Waals surface area contributed by atoms with Crippen LogP contribution >= 0.6 is 0 Å². The highest BCUT2D eigenvalue weighted by molar-refractivity contribution is 5.97. The fourth-order valence-electron chi connectivity index (χ4n) is 4.02. The second kappa shape index (κ2) is 5.20. The molecule has 1 saturated heterocycles. The summed E-state index contributed by atoms with van der Waals surface area (Å²) in [7, 11) is 0. The Morgan fingerprint density at radius 3 is 3.00 bits per heavy atom. The van der Waals surface area contributed by atoms with Crippen molar-refractivity contribution in [1.29, 1.82) is 0 Å². The molecule has 0 radical (unpaired) electrons. The lowest BCUT2D eigenvalue weighted by Gasteiger charge is -2.57.